The van der Waals surface area contributed by atoms with Crippen molar-refractivity contribution in [2.75, 3.05) is 33.7 Å². The summed E-state index contributed by atoms with van der Waals surface area (Å²) in [4.78, 5) is 4.97. The van der Waals surface area contributed by atoms with Crippen LogP contribution in [0.15, 0.2) is 0 Å². The number of likely N-dealkylation sites (tertiary alicyclic amines) is 1. The number of hydrogen-bond donors (Lipinski definition) is 1. The molecule has 1 heterocycles. The van der Waals surface area contributed by atoms with E-state index in [1.54, 1.807) is 0 Å². The van der Waals surface area contributed by atoms with Crippen LogP contribution >= 0.6 is 0 Å². The normalized spacial score (nSPS) is 27.0. The van der Waals surface area contributed by atoms with Crippen LogP contribution in [0.2, 0.25) is 0 Å². The monoisotopic (exact) mass is 225 g/mol. The number of nitrogens with two attached hydrogens (primary N) is 1. The summed E-state index contributed by atoms with van der Waals surface area (Å²) in [6.07, 6.45) is 7.70. The Kier molecular flexibility index (Phi) is 3.88. The summed E-state index contributed by atoms with van der Waals surface area (Å²) in [5, 5.41) is 0. The van der Waals surface area contributed by atoms with Crippen molar-refractivity contribution in [2.45, 2.75) is 50.1 Å². The molecule has 0 spiro atoms. The van der Waals surface area contributed by atoms with Crippen molar-refractivity contribution in [1.29, 1.82) is 0 Å². The predicted molar refractivity (Wildman–Crippen MR) is 68.5 cm³/mol. The highest BCUT2D eigenvalue weighted by atomic mass is 15.2. The van der Waals surface area contributed by atoms with Gasteiger partial charge in [0.05, 0.1) is 0 Å². The van der Waals surface area contributed by atoms with Crippen LogP contribution in [0.1, 0.15) is 38.5 Å². The zero-order valence-corrected chi connectivity index (χ0v) is 10.9. The van der Waals surface area contributed by atoms with Gasteiger partial charge in [-0.2, -0.15) is 0 Å². The molecule has 0 amide bonds. The smallest absolute Gasteiger partial charge is 0.0166 e. The molecule has 0 unspecified atom stereocenters. The molecule has 2 fully saturated rings. The Labute approximate surface area is 100.0 Å². The molecule has 1 aliphatic carbocycles. The molecule has 0 aromatic carbocycles. The van der Waals surface area contributed by atoms with Crippen molar-refractivity contribution in [1.82, 2.24) is 9.80 Å². The van der Waals surface area contributed by atoms with Crippen molar-refractivity contribution < 1.29 is 0 Å². The third-order valence-corrected chi connectivity index (χ3v) is 4.56. The number of piperidine rings is 1. The number of rotatable bonds is 4. The van der Waals surface area contributed by atoms with Crippen LogP contribution in [0, 0.1) is 0 Å². The minimum Gasteiger partial charge on any atom is -0.325 e. The van der Waals surface area contributed by atoms with Gasteiger partial charge in [-0.3, -0.25) is 0 Å². The van der Waals surface area contributed by atoms with Gasteiger partial charge in [-0.1, -0.05) is 0 Å². The van der Waals surface area contributed by atoms with E-state index in [1.807, 2.05) is 0 Å². The fourth-order valence-electron chi connectivity index (χ4n) is 2.92. The molecule has 2 aliphatic rings. The van der Waals surface area contributed by atoms with Gasteiger partial charge in [0.25, 0.3) is 0 Å². The Morgan fingerprint density at radius 1 is 1.25 bits per heavy atom. The molecule has 1 aliphatic heterocycles. The van der Waals surface area contributed by atoms with Crippen molar-refractivity contribution in [2.24, 2.45) is 5.73 Å². The molecule has 0 radical (unpaired) electrons. The fourth-order valence-corrected chi connectivity index (χ4v) is 2.92. The molecule has 3 heteroatoms. The fraction of sp³-hybridized carbons (Fsp3) is 1.00. The first kappa shape index (κ1) is 12.3. The minimum atomic E-state index is 0.207. The molecule has 0 aromatic rings. The average molecular weight is 225 g/mol. The van der Waals surface area contributed by atoms with E-state index in [2.05, 4.69) is 23.9 Å². The Morgan fingerprint density at radius 3 is 2.31 bits per heavy atom. The van der Waals surface area contributed by atoms with Gasteiger partial charge in [0.2, 0.25) is 0 Å². The largest absolute Gasteiger partial charge is 0.325 e. The second-order valence-corrected chi connectivity index (χ2v) is 6.00. The van der Waals surface area contributed by atoms with E-state index in [4.69, 9.17) is 5.73 Å². The van der Waals surface area contributed by atoms with Gasteiger partial charge in [-0.15, -0.1) is 0 Å². The zero-order chi connectivity index (χ0) is 11.6. The van der Waals surface area contributed by atoms with E-state index >= 15 is 0 Å². The summed E-state index contributed by atoms with van der Waals surface area (Å²) >= 11 is 0. The standard InChI is InChI=1S/C13H27N3/c1-15(2)12-4-9-16(10-5-12)11-8-13(14)6-3-7-13/h12H,3-11,14H2,1-2H3. The highest BCUT2D eigenvalue weighted by molar-refractivity contribution is 4.93. The summed E-state index contributed by atoms with van der Waals surface area (Å²) in [5.74, 6) is 0. The molecule has 16 heavy (non-hydrogen) atoms. The summed E-state index contributed by atoms with van der Waals surface area (Å²) in [7, 11) is 4.40. The van der Waals surface area contributed by atoms with Gasteiger partial charge in [-0.25, -0.2) is 0 Å². The Bertz CT molecular complexity index is 215. The Morgan fingerprint density at radius 2 is 1.88 bits per heavy atom. The molecule has 0 bridgehead atoms. The molecule has 0 atom stereocenters. The molecule has 2 N–H and O–H groups in total. The third kappa shape index (κ3) is 2.96. The molecular weight excluding hydrogens is 198 g/mol. The van der Waals surface area contributed by atoms with Gasteiger partial charge >= 0.3 is 0 Å². The van der Waals surface area contributed by atoms with E-state index in [-0.39, 0.29) is 5.54 Å². The lowest BCUT2D eigenvalue weighted by atomic mass is 9.75. The molecule has 94 valence electrons. The van der Waals surface area contributed by atoms with E-state index in [0.717, 1.165) is 6.04 Å². The summed E-state index contributed by atoms with van der Waals surface area (Å²) in [5.41, 5.74) is 6.47. The maximum atomic E-state index is 6.26. The van der Waals surface area contributed by atoms with Crippen LogP contribution < -0.4 is 5.73 Å². The van der Waals surface area contributed by atoms with Crippen LogP contribution in [-0.4, -0.2) is 55.1 Å². The molecule has 3 nitrogen and oxygen atoms in total. The lowest BCUT2D eigenvalue weighted by Gasteiger charge is -2.41. The van der Waals surface area contributed by atoms with Crippen molar-refractivity contribution in [3.63, 3.8) is 0 Å². The predicted octanol–water partition coefficient (Wildman–Crippen LogP) is 1.28. The van der Waals surface area contributed by atoms with Crippen molar-refractivity contribution in [3.8, 4) is 0 Å². The second-order valence-electron chi connectivity index (χ2n) is 6.00. The summed E-state index contributed by atoms with van der Waals surface area (Å²) < 4.78 is 0. The first-order valence-electron chi connectivity index (χ1n) is 6.77. The SMILES string of the molecule is CN(C)C1CCN(CCC2(N)CCC2)CC1. The lowest BCUT2D eigenvalue weighted by molar-refractivity contribution is 0.123. The van der Waals surface area contributed by atoms with Crippen molar-refractivity contribution >= 4 is 0 Å². The maximum absolute atomic E-state index is 6.26. The lowest BCUT2D eigenvalue weighted by Crippen LogP contribution is -2.50. The Balaban J connectivity index is 1.65. The average Bonchev–Trinajstić information content (AvgIpc) is 2.24. The highest BCUT2D eigenvalue weighted by Crippen LogP contribution is 2.32. The van der Waals surface area contributed by atoms with Crippen LogP contribution in [0.4, 0.5) is 0 Å². The van der Waals surface area contributed by atoms with Crippen molar-refractivity contribution in [3.05, 3.63) is 0 Å². The zero-order valence-electron chi connectivity index (χ0n) is 10.9. The number of nitrogens with zero attached hydrogens (tertiary/aromatic N) is 2. The summed E-state index contributed by atoms with van der Waals surface area (Å²) in [6.45, 7) is 3.74. The van der Waals surface area contributed by atoms with Crippen LogP contribution in [0.5, 0.6) is 0 Å². The van der Waals surface area contributed by atoms with Crippen LogP contribution in [0.25, 0.3) is 0 Å². The molecule has 0 aromatic heterocycles. The van der Waals surface area contributed by atoms with E-state index in [9.17, 15) is 0 Å². The highest BCUT2D eigenvalue weighted by Gasteiger charge is 2.32. The van der Waals surface area contributed by atoms with E-state index < -0.39 is 0 Å². The van der Waals surface area contributed by atoms with E-state index in [0.29, 0.717) is 0 Å². The molecule has 2 rings (SSSR count). The Hall–Kier alpha value is -0.120. The molecule has 1 saturated heterocycles. The topological polar surface area (TPSA) is 32.5 Å². The van der Waals surface area contributed by atoms with Crippen LogP contribution in [-0.2, 0) is 0 Å². The maximum Gasteiger partial charge on any atom is 0.0166 e. The third-order valence-electron chi connectivity index (χ3n) is 4.56. The molecule has 1 saturated carbocycles. The van der Waals surface area contributed by atoms with Crippen LogP contribution in [0.3, 0.4) is 0 Å². The second kappa shape index (κ2) is 5.03. The van der Waals surface area contributed by atoms with Gasteiger partial charge in [0, 0.05) is 11.6 Å². The number of hydrogen-bond acceptors (Lipinski definition) is 3. The van der Waals surface area contributed by atoms with E-state index in [1.165, 1.54) is 58.2 Å². The summed E-state index contributed by atoms with van der Waals surface area (Å²) in [6, 6.07) is 0.798. The van der Waals surface area contributed by atoms with Gasteiger partial charge < -0.3 is 15.5 Å². The minimum absolute atomic E-state index is 0.207. The first-order valence-corrected chi connectivity index (χ1v) is 6.77. The van der Waals surface area contributed by atoms with Gasteiger partial charge in [0.15, 0.2) is 0 Å². The van der Waals surface area contributed by atoms with Gasteiger partial charge in [-0.05, 0) is 72.3 Å². The van der Waals surface area contributed by atoms with Gasteiger partial charge in [0.1, 0.15) is 0 Å². The quantitative estimate of drug-likeness (QED) is 0.782. The molecular formula is C13H27N3. The first-order chi connectivity index (χ1) is 7.59.